The van der Waals surface area contributed by atoms with Crippen LogP contribution in [0.2, 0.25) is 0 Å². The summed E-state index contributed by atoms with van der Waals surface area (Å²) >= 11 is 0. The highest BCUT2D eigenvalue weighted by Gasteiger charge is 2.34. The molecule has 0 radical (unpaired) electrons. The van der Waals surface area contributed by atoms with Crippen LogP contribution in [-0.4, -0.2) is 35.5 Å². The smallest absolute Gasteiger partial charge is 0.410 e. The number of hydrogen-bond acceptors (Lipinski definition) is 3. The molecule has 0 bridgehead atoms. The van der Waals surface area contributed by atoms with Crippen LogP contribution in [0.3, 0.4) is 0 Å². The Kier molecular flexibility index (Phi) is 7.63. The molecule has 0 unspecified atom stereocenters. The first kappa shape index (κ1) is 18.7. The van der Waals surface area contributed by atoms with Crippen molar-refractivity contribution in [1.82, 2.24) is 4.90 Å². The van der Waals surface area contributed by atoms with Crippen LogP contribution >= 0.6 is 0 Å². The maximum atomic E-state index is 12.4. The zero-order chi connectivity index (χ0) is 16.6. The third-order valence-corrected chi connectivity index (χ3v) is 3.86. The molecule has 1 fully saturated rings. The molecule has 0 saturated carbocycles. The summed E-state index contributed by atoms with van der Waals surface area (Å²) in [7, 11) is 0. The van der Waals surface area contributed by atoms with Crippen LogP contribution in [0.25, 0.3) is 0 Å². The monoisotopic (exact) mass is 309 g/mol. The summed E-state index contributed by atoms with van der Waals surface area (Å²) in [6, 6.07) is -0.0704. The lowest BCUT2D eigenvalue weighted by molar-refractivity contribution is -0.111. The normalized spacial score (nSPS) is 20.9. The minimum Gasteiger partial charge on any atom is -0.444 e. The minimum atomic E-state index is -0.507. The largest absolute Gasteiger partial charge is 0.444 e. The molecule has 0 spiro atoms. The van der Waals surface area contributed by atoms with Crippen molar-refractivity contribution in [2.75, 3.05) is 6.54 Å². The van der Waals surface area contributed by atoms with Gasteiger partial charge >= 0.3 is 6.09 Å². The van der Waals surface area contributed by atoms with E-state index in [1.54, 1.807) is 4.90 Å². The summed E-state index contributed by atoms with van der Waals surface area (Å²) in [5.74, 6) is -0.232. The van der Waals surface area contributed by atoms with E-state index in [4.69, 9.17) is 4.74 Å². The predicted molar refractivity (Wildman–Crippen MR) is 88.8 cm³/mol. The van der Waals surface area contributed by atoms with Crippen molar-refractivity contribution in [1.29, 1.82) is 0 Å². The average Bonchev–Trinajstić information content (AvgIpc) is 2.46. The van der Waals surface area contributed by atoms with Gasteiger partial charge in [0.25, 0.3) is 0 Å². The zero-order valence-corrected chi connectivity index (χ0v) is 14.5. The number of ether oxygens (including phenoxy) is 1. The van der Waals surface area contributed by atoms with E-state index < -0.39 is 5.60 Å². The van der Waals surface area contributed by atoms with Gasteiger partial charge in [0.2, 0.25) is 0 Å². The number of carbonyl (C=O) groups excluding carboxylic acids is 2. The fourth-order valence-corrected chi connectivity index (χ4v) is 2.74. The SMILES string of the molecule is CCCC/C=C/[C@H](C=O)[C@H]1CCCCN1C(=O)OC(C)(C)C. The molecule has 126 valence electrons. The number of aldehydes is 1. The van der Waals surface area contributed by atoms with Crippen molar-refractivity contribution < 1.29 is 14.3 Å². The molecule has 4 nitrogen and oxygen atoms in total. The molecule has 0 aromatic heterocycles. The molecule has 0 aromatic rings. The van der Waals surface area contributed by atoms with Crippen LogP contribution in [0.15, 0.2) is 12.2 Å². The highest BCUT2D eigenvalue weighted by atomic mass is 16.6. The Morgan fingerprint density at radius 1 is 1.36 bits per heavy atom. The Balaban J connectivity index is 2.75. The highest BCUT2D eigenvalue weighted by Crippen LogP contribution is 2.25. The summed E-state index contributed by atoms with van der Waals surface area (Å²) in [6.07, 6.45) is 10.9. The Bertz CT molecular complexity index is 384. The second-order valence-corrected chi connectivity index (χ2v) is 7.02. The van der Waals surface area contributed by atoms with Gasteiger partial charge in [0.15, 0.2) is 0 Å². The van der Waals surface area contributed by atoms with Gasteiger partial charge in [0.1, 0.15) is 11.9 Å². The first-order valence-electron chi connectivity index (χ1n) is 8.50. The standard InChI is InChI=1S/C18H31NO3/c1-5-6-7-8-11-15(14-20)16-12-9-10-13-19(16)17(21)22-18(2,3)4/h8,11,14-16H,5-7,9-10,12-13H2,1-4H3/b11-8+/t15-,16-/m1/s1. The predicted octanol–water partition coefficient (Wildman–Crippen LogP) is 4.34. The van der Waals surface area contributed by atoms with Crippen LogP contribution in [0.5, 0.6) is 0 Å². The third-order valence-electron chi connectivity index (χ3n) is 3.86. The zero-order valence-electron chi connectivity index (χ0n) is 14.5. The maximum absolute atomic E-state index is 12.4. The van der Waals surface area contributed by atoms with E-state index in [1.165, 1.54) is 0 Å². The molecular formula is C18H31NO3. The van der Waals surface area contributed by atoms with E-state index in [-0.39, 0.29) is 18.1 Å². The topological polar surface area (TPSA) is 46.6 Å². The number of hydrogen-bond donors (Lipinski definition) is 0. The molecule has 1 aliphatic rings. The lowest BCUT2D eigenvalue weighted by atomic mass is 9.91. The first-order valence-corrected chi connectivity index (χ1v) is 8.50. The maximum Gasteiger partial charge on any atom is 0.410 e. The highest BCUT2D eigenvalue weighted by molar-refractivity contribution is 5.70. The fraction of sp³-hybridized carbons (Fsp3) is 0.778. The van der Waals surface area contributed by atoms with Gasteiger partial charge in [-0.2, -0.15) is 0 Å². The summed E-state index contributed by atoms with van der Waals surface area (Å²) in [4.78, 5) is 25.6. The van der Waals surface area contributed by atoms with Crippen molar-refractivity contribution >= 4 is 12.4 Å². The van der Waals surface area contributed by atoms with E-state index in [0.29, 0.717) is 6.54 Å². The molecule has 2 atom stereocenters. The van der Waals surface area contributed by atoms with E-state index >= 15 is 0 Å². The van der Waals surface area contributed by atoms with Gasteiger partial charge in [-0.3, -0.25) is 0 Å². The van der Waals surface area contributed by atoms with Crippen LogP contribution in [-0.2, 0) is 9.53 Å². The number of likely N-dealkylation sites (tertiary alicyclic amines) is 1. The Hall–Kier alpha value is -1.32. The van der Waals surface area contributed by atoms with Crippen molar-refractivity contribution in [2.24, 2.45) is 5.92 Å². The molecule has 0 aliphatic carbocycles. The molecule has 1 rings (SSSR count). The van der Waals surface area contributed by atoms with Crippen LogP contribution in [0.4, 0.5) is 4.79 Å². The minimum absolute atomic E-state index is 0.0704. The summed E-state index contributed by atoms with van der Waals surface area (Å²) in [5, 5.41) is 0. The molecule has 1 saturated heterocycles. The van der Waals surface area contributed by atoms with E-state index in [0.717, 1.165) is 44.8 Å². The van der Waals surface area contributed by atoms with Crippen LogP contribution < -0.4 is 0 Å². The first-order chi connectivity index (χ1) is 10.4. The van der Waals surface area contributed by atoms with Gasteiger partial charge in [0, 0.05) is 12.6 Å². The van der Waals surface area contributed by atoms with E-state index in [9.17, 15) is 9.59 Å². The second-order valence-electron chi connectivity index (χ2n) is 7.02. The van der Waals surface area contributed by atoms with Crippen LogP contribution in [0.1, 0.15) is 66.2 Å². The van der Waals surface area contributed by atoms with Gasteiger partial charge in [-0.1, -0.05) is 31.9 Å². The molecule has 0 aromatic carbocycles. The van der Waals surface area contributed by atoms with Gasteiger partial charge in [-0.05, 0) is 46.5 Å². The molecule has 0 N–H and O–H groups in total. The van der Waals surface area contributed by atoms with Gasteiger partial charge < -0.3 is 14.4 Å². The molecule has 1 heterocycles. The number of nitrogens with zero attached hydrogens (tertiary/aromatic N) is 1. The van der Waals surface area contributed by atoms with E-state index in [2.05, 4.69) is 13.0 Å². The summed E-state index contributed by atoms with van der Waals surface area (Å²) < 4.78 is 5.49. The quantitative estimate of drug-likeness (QED) is 0.416. The van der Waals surface area contributed by atoms with Crippen molar-refractivity contribution in [2.45, 2.75) is 77.9 Å². The average molecular weight is 309 g/mol. The molecule has 4 heteroatoms. The molecule has 1 amide bonds. The Labute approximate surface area is 134 Å². The number of rotatable bonds is 6. The molecule has 22 heavy (non-hydrogen) atoms. The van der Waals surface area contributed by atoms with Crippen molar-refractivity contribution in [3.05, 3.63) is 12.2 Å². The van der Waals surface area contributed by atoms with Crippen molar-refractivity contribution in [3.63, 3.8) is 0 Å². The third kappa shape index (κ3) is 6.20. The number of amides is 1. The van der Waals surface area contributed by atoms with Gasteiger partial charge in [-0.25, -0.2) is 4.79 Å². The second kappa shape index (κ2) is 8.96. The molecule has 1 aliphatic heterocycles. The van der Waals surface area contributed by atoms with Gasteiger partial charge in [0.05, 0.1) is 5.92 Å². The lowest BCUT2D eigenvalue weighted by Crippen LogP contribution is -2.49. The summed E-state index contributed by atoms with van der Waals surface area (Å²) in [6.45, 7) is 8.42. The fourth-order valence-electron chi connectivity index (χ4n) is 2.74. The molecular weight excluding hydrogens is 278 g/mol. The van der Waals surface area contributed by atoms with Crippen LogP contribution in [0, 0.1) is 5.92 Å². The number of allylic oxidation sites excluding steroid dienone is 1. The van der Waals surface area contributed by atoms with Gasteiger partial charge in [-0.15, -0.1) is 0 Å². The van der Waals surface area contributed by atoms with E-state index in [1.807, 2.05) is 26.8 Å². The number of piperidine rings is 1. The lowest BCUT2D eigenvalue weighted by Gasteiger charge is -2.38. The number of unbranched alkanes of at least 4 members (excludes halogenated alkanes) is 2. The Morgan fingerprint density at radius 3 is 2.68 bits per heavy atom. The Morgan fingerprint density at radius 2 is 2.09 bits per heavy atom. The number of carbonyl (C=O) groups is 2. The van der Waals surface area contributed by atoms with Crippen molar-refractivity contribution in [3.8, 4) is 0 Å². The summed E-state index contributed by atoms with van der Waals surface area (Å²) in [5.41, 5.74) is -0.507.